The van der Waals surface area contributed by atoms with Gasteiger partial charge in [0.2, 0.25) is 0 Å². The average Bonchev–Trinajstić information content (AvgIpc) is 3.20. The van der Waals surface area contributed by atoms with E-state index in [1.54, 1.807) is 47.7 Å². The lowest BCUT2D eigenvalue weighted by atomic mass is 10.0. The Balaban J connectivity index is 1.66. The number of carbonyl (C=O) groups excluding carboxylic acids is 2. The van der Waals surface area contributed by atoms with E-state index in [0.29, 0.717) is 10.6 Å². The predicted octanol–water partition coefficient (Wildman–Crippen LogP) is 4.14. The van der Waals surface area contributed by atoms with Crippen LogP contribution in [0.15, 0.2) is 71.4 Å². The van der Waals surface area contributed by atoms with Crippen LogP contribution in [0.1, 0.15) is 27.5 Å². The molecule has 1 aromatic heterocycles. The van der Waals surface area contributed by atoms with E-state index < -0.39 is 6.03 Å². The number of thiophene rings is 1. The van der Waals surface area contributed by atoms with Crippen molar-refractivity contribution in [3.05, 3.63) is 93.1 Å². The number of nitrogens with one attached hydrogen (secondary N) is 3. The normalized spacial score (nSPS) is 11.4. The summed E-state index contributed by atoms with van der Waals surface area (Å²) in [4.78, 5) is 24.3. The maximum Gasteiger partial charge on any atom is 0.334 e. The van der Waals surface area contributed by atoms with Crippen LogP contribution in [-0.4, -0.2) is 11.9 Å². The Kier molecular flexibility index (Phi) is 5.88. The molecule has 26 heavy (non-hydrogen) atoms. The van der Waals surface area contributed by atoms with E-state index >= 15 is 0 Å². The van der Waals surface area contributed by atoms with Gasteiger partial charge in [-0.1, -0.05) is 41.9 Å². The van der Waals surface area contributed by atoms with Crippen molar-refractivity contribution in [2.75, 3.05) is 0 Å². The second-order valence-corrected chi connectivity index (χ2v) is 6.68. The summed E-state index contributed by atoms with van der Waals surface area (Å²) in [5.74, 6) is -0.390. The molecular weight excluding hydrogens is 370 g/mol. The van der Waals surface area contributed by atoms with Gasteiger partial charge in [-0.05, 0) is 52.2 Å². The summed E-state index contributed by atoms with van der Waals surface area (Å²) in [6.07, 6.45) is 0. The van der Waals surface area contributed by atoms with Gasteiger partial charge in [0, 0.05) is 10.6 Å². The molecule has 1 unspecified atom stereocenters. The van der Waals surface area contributed by atoms with Gasteiger partial charge in [-0.15, -0.1) is 0 Å². The van der Waals surface area contributed by atoms with Gasteiger partial charge in [0.25, 0.3) is 5.91 Å². The summed E-state index contributed by atoms with van der Waals surface area (Å²) in [6, 6.07) is 17.0. The molecule has 0 radical (unpaired) electrons. The number of benzene rings is 2. The predicted molar refractivity (Wildman–Crippen MR) is 103 cm³/mol. The monoisotopic (exact) mass is 385 g/mol. The molecule has 1 heterocycles. The molecule has 0 spiro atoms. The summed E-state index contributed by atoms with van der Waals surface area (Å²) in [5.41, 5.74) is 7.06. The Hall–Kier alpha value is -2.83. The molecular formula is C19H16ClN3O2S. The first-order valence-corrected chi connectivity index (χ1v) is 9.15. The molecule has 0 saturated carbocycles. The minimum Gasteiger partial charge on any atom is -0.326 e. The lowest BCUT2D eigenvalue weighted by Crippen LogP contribution is -2.48. The van der Waals surface area contributed by atoms with Crippen molar-refractivity contribution in [2.45, 2.75) is 6.04 Å². The smallest absolute Gasteiger partial charge is 0.326 e. The molecule has 0 bridgehead atoms. The Bertz CT molecular complexity index is 868. The zero-order valence-electron chi connectivity index (χ0n) is 13.6. The van der Waals surface area contributed by atoms with Gasteiger partial charge in [0.1, 0.15) is 0 Å². The number of hydrogen-bond acceptors (Lipinski definition) is 3. The largest absolute Gasteiger partial charge is 0.334 e. The number of rotatable bonds is 4. The van der Waals surface area contributed by atoms with Crippen LogP contribution in [0.25, 0.3) is 0 Å². The lowest BCUT2D eigenvalue weighted by Gasteiger charge is -2.19. The van der Waals surface area contributed by atoms with Crippen molar-refractivity contribution in [3.8, 4) is 0 Å². The third-order valence-corrected chi connectivity index (χ3v) is 4.63. The highest BCUT2D eigenvalue weighted by Gasteiger charge is 2.17. The Morgan fingerprint density at radius 2 is 1.62 bits per heavy atom. The van der Waals surface area contributed by atoms with Crippen LogP contribution in [-0.2, 0) is 0 Å². The molecule has 0 aliphatic heterocycles. The number of hydrazine groups is 1. The van der Waals surface area contributed by atoms with Crippen LogP contribution < -0.4 is 16.2 Å². The van der Waals surface area contributed by atoms with Crippen molar-refractivity contribution in [1.29, 1.82) is 0 Å². The molecule has 3 N–H and O–H groups in total. The van der Waals surface area contributed by atoms with Crippen LogP contribution in [0.3, 0.4) is 0 Å². The fourth-order valence-corrected chi connectivity index (χ4v) is 3.21. The Labute approximate surface area is 160 Å². The van der Waals surface area contributed by atoms with Crippen molar-refractivity contribution in [3.63, 3.8) is 0 Å². The van der Waals surface area contributed by atoms with Crippen molar-refractivity contribution in [2.24, 2.45) is 0 Å². The first kappa shape index (κ1) is 18.0. The number of hydrogen-bond donors (Lipinski definition) is 3. The number of urea groups is 1. The highest BCUT2D eigenvalue weighted by molar-refractivity contribution is 7.08. The van der Waals surface area contributed by atoms with E-state index in [1.165, 1.54) is 0 Å². The highest BCUT2D eigenvalue weighted by atomic mass is 35.5. The number of halogens is 1. The van der Waals surface area contributed by atoms with E-state index in [-0.39, 0.29) is 11.9 Å². The topological polar surface area (TPSA) is 70.2 Å². The lowest BCUT2D eigenvalue weighted by molar-refractivity contribution is 0.0936. The summed E-state index contributed by atoms with van der Waals surface area (Å²) in [7, 11) is 0. The molecule has 3 amide bonds. The Morgan fingerprint density at radius 3 is 2.27 bits per heavy atom. The zero-order chi connectivity index (χ0) is 18.4. The van der Waals surface area contributed by atoms with Gasteiger partial charge in [0.15, 0.2) is 0 Å². The van der Waals surface area contributed by atoms with Crippen LogP contribution in [0, 0.1) is 0 Å². The van der Waals surface area contributed by atoms with Crippen LogP contribution in [0.5, 0.6) is 0 Å². The third-order valence-electron chi connectivity index (χ3n) is 3.68. The van der Waals surface area contributed by atoms with Crippen LogP contribution in [0.4, 0.5) is 4.79 Å². The minimum absolute atomic E-state index is 0.354. The second kappa shape index (κ2) is 8.51. The molecule has 2 aromatic carbocycles. The average molecular weight is 386 g/mol. The molecule has 3 aromatic rings. The van der Waals surface area contributed by atoms with Gasteiger partial charge in [-0.2, -0.15) is 11.3 Å². The minimum atomic E-state index is -0.513. The van der Waals surface area contributed by atoms with Crippen molar-refractivity contribution < 1.29 is 9.59 Å². The Morgan fingerprint density at radius 1 is 0.885 bits per heavy atom. The van der Waals surface area contributed by atoms with E-state index in [9.17, 15) is 9.59 Å². The molecule has 5 nitrogen and oxygen atoms in total. The summed E-state index contributed by atoms with van der Waals surface area (Å²) >= 11 is 7.49. The molecule has 0 saturated heterocycles. The molecule has 0 aliphatic rings. The molecule has 0 fully saturated rings. The van der Waals surface area contributed by atoms with Gasteiger partial charge < -0.3 is 5.32 Å². The maximum atomic E-state index is 12.3. The van der Waals surface area contributed by atoms with Crippen molar-refractivity contribution in [1.82, 2.24) is 16.2 Å². The summed E-state index contributed by atoms with van der Waals surface area (Å²) in [5, 5.41) is 7.38. The van der Waals surface area contributed by atoms with Crippen LogP contribution in [0.2, 0.25) is 5.02 Å². The van der Waals surface area contributed by atoms with Gasteiger partial charge in [0.05, 0.1) is 6.04 Å². The van der Waals surface area contributed by atoms with Gasteiger partial charge >= 0.3 is 6.03 Å². The van der Waals surface area contributed by atoms with Gasteiger partial charge in [-0.25, -0.2) is 10.2 Å². The van der Waals surface area contributed by atoms with E-state index in [0.717, 1.165) is 11.1 Å². The molecule has 3 rings (SSSR count). The third kappa shape index (κ3) is 4.62. The first-order chi connectivity index (χ1) is 12.6. The molecule has 1 atom stereocenters. The van der Waals surface area contributed by atoms with E-state index in [1.807, 2.05) is 35.0 Å². The standard InChI is InChI=1S/C19H16ClN3O2S/c20-16-8-6-13(7-9-16)17(15-10-11-26-12-15)21-19(25)23-22-18(24)14-4-2-1-3-5-14/h1-12,17H,(H,22,24)(H2,21,23,25). The van der Waals surface area contributed by atoms with E-state index in [4.69, 9.17) is 11.6 Å². The first-order valence-electron chi connectivity index (χ1n) is 7.83. The number of carbonyl (C=O) groups is 2. The van der Waals surface area contributed by atoms with Crippen molar-refractivity contribution >= 4 is 34.9 Å². The molecule has 132 valence electrons. The highest BCUT2D eigenvalue weighted by Crippen LogP contribution is 2.25. The van der Waals surface area contributed by atoms with E-state index in [2.05, 4.69) is 16.2 Å². The summed E-state index contributed by atoms with van der Waals surface area (Å²) in [6.45, 7) is 0. The quantitative estimate of drug-likeness (QED) is 0.591. The van der Waals surface area contributed by atoms with Gasteiger partial charge in [-0.3, -0.25) is 10.2 Å². The van der Waals surface area contributed by atoms with Crippen LogP contribution >= 0.6 is 22.9 Å². The molecule has 0 aliphatic carbocycles. The SMILES string of the molecule is O=C(NNC(=O)c1ccccc1)NC(c1ccc(Cl)cc1)c1ccsc1. The summed E-state index contributed by atoms with van der Waals surface area (Å²) < 4.78 is 0. The zero-order valence-corrected chi connectivity index (χ0v) is 15.2. The second-order valence-electron chi connectivity index (χ2n) is 5.46. The molecule has 7 heteroatoms. The fraction of sp³-hybridized carbons (Fsp3) is 0.0526. The fourth-order valence-electron chi connectivity index (χ4n) is 2.40. The maximum absolute atomic E-state index is 12.3. The number of amides is 3.